The Morgan fingerprint density at radius 1 is 1.27 bits per heavy atom. The maximum Gasteiger partial charge on any atom is 0.113 e. The molecule has 2 nitrogen and oxygen atoms in total. The summed E-state index contributed by atoms with van der Waals surface area (Å²) in [5, 5.41) is 0. The highest BCUT2D eigenvalue weighted by Crippen LogP contribution is 2.24. The highest BCUT2D eigenvalue weighted by Gasteiger charge is 2.13. The van der Waals surface area contributed by atoms with E-state index in [1.807, 2.05) is 12.4 Å². The summed E-state index contributed by atoms with van der Waals surface area (Å²) in [7, 11) is 0. The van der Waals surface area contributed by atoms with Crippen molar-refractivity contribution in [3.63, 3.8) is 0 Å². The third kappa shape index (κ3) is 2.09. The second-order valence-corrected chi connectivity index (χ2v) is 3.85. The van der Waals surface area contributed by atoms with Crippen LogP contribution in [0.5, 0.6) is 0 Å². The number of nitrogens with one attached hydrogen (secondary N) is 1. The molecule has 0 aliphatic rings. The fourth-order valence-corrected chi connectivity index (χ4v) is 1.85. The van der Waals surface area contributed by atoms with E-state index in [2.05, 4.69) is 48.1 Å². The van der Waals surface area contributed by atoms with Gasteiger partial charge < -0.3 is 4.98 Å². The van der Waals surface area contributed by atoms with Gasteiger partial charge in [-0.3, -0.25) is 0 Å². The molecule has 0 bridgehead atoms. The Morgan fingerprint density at radius 2 is 2.00 bits per heavy atom. The fraction of sp³-hybridized carbons (Fsp3) is 0.308. The summed E-state index contributed by atoms with van der Waals surface area (Å²) in [6.45, 7) is 4.30. The van der Waals surface area contributed by atoms with Crippen molar-refractivity contribution < 1.29 is 0 Å². The number of nitrogens with zero attached hydrogens (tertiary/aromatic N) is 1. The largest absolute Gasteiger partial charge is 0.348 e. The quantitative estimate of drug-likeness (QED) is 0.809. The molecule has 1 atom stereocenters. The lowest BCUT2D eigenvalue weighted by atomic mass is 9.95. The summed E-state index contributed by atoms with van der Waals surface area (Å²) >= 11 is 0. The van der Waals surface area contributed by atoms with E-state index in [0.717, 1.165) is 12.2 Å². The number of aromatic nitrogens is 2. The van der Waals surface area contributed by atoms with Gasteiger partial charge in [0, 0.05) is 18.3 Å². The zero-order chi connectivity index (χ0) is 10.7. The average Bonchev–Trinajstić information content (AvgIpc) is 2.75. The molecule has 0 aliphatic carbocycles. The lowest BCUT2D eigenvalue weighted by Gasteiger charge is -2.12. The molecule has 15 heavy (non-hydrogen) atoms. The van der Waals surface area contributed by atoms with E-state index in [0.29, 0.717) is 5.92 Å². The van der Waals surface area contributed by atoms with E-state index in [-0.39, 0.29) is 0 Å². The highest BCUT2D eigenvalue weighted by molar-refractivity contribution is 5.28. The molecule has 78 valence electrons. The van der Waals surface area contributed by atoms with Crippen molar-refractivity contribution in [3.05, 3.63) is 53.6 Å². The SMILES string of the molecule is CC[C@H](c1ccc(C)cc1)c1ncc[nH]1. The average molecular weight is 200 g/mol. The number of H-pyrrole nitrogens is 1. The molecule has 2 heteroatoms. The van der Waals surface area contributed by atoms with Gasteiger partial charge in [0.05, 0.1) is 0 Å². The Kier molecular flexibility index (Phi) is 2.86. The molecule has 1 aromatic heterocycles. The van der Waals surface area contributed by atoms with Gasteiger partial charge in [-0.25, -0.2) is 4.98 Å². The number of benzene rings is 1. The Hall–Kier alpha value is -1.57. The van der Waals surface area contributed by atoms with Crippen LogP contribution in [0.3, 0.4) is 0 Å². The van der Waals surface area contributed by atoms with Crippen molar-refractivity contribution in [2.75, 3.05) is 0 Å². The molecule has 0 amide bonds. The first-order valence-electron chi connectivity index (χ1n) is 5.37. The minimum absolute atomic E-state index is 0.389. The van der Waals surface area contributed by atoms with Crippen LogP contribution in [0.15, 0.2) is 36.7 Å². The van der Waals surface area contributed by atoms with Gasteiger partial charge in [0.15, 0.2) is 0 Å². The number of hydrogen-bond donors (Lipinski definition) is 1. The van der Waals surface area contributed by atoms with Gasteiger partial charge in [0.25, 0.3) is 0 Å². The third-order valence-corrected chi connectivity index (χ3v) is 2.74. The number of rotatable bonds is 3. The molecule has 0 saturated heterocycles. The lowest BCUT2D eigenvalue weighted by Crippen LogP contribution is -2.01. The standard InChI is InChI=1S/C13H16N2/c1-3-12(13-14-8-9-15-13)11-6-4-10(2)5-7-11/h4-9,12H,3H2,1-2H3,(H,14,15)/t12-/m1/s1. The second-order valence-electron chi connectivity index (χ2n) is 3.85. The van der Waals surface area contributed by atoms with Gasteiger partial charge in [-0.15, -0.1) is 0 Å². The first kappa shape index (κ1) is 9.97. The van der Waals surface area contributed by atoms with Crippen LogP contribution in [0.25, 0.3) is 0 Å². The summed E-state index contributed by atoms with van der Waals surface area (Å²) < 4.78 is 0. The Bertz CT molecular complexity index is 401. The van der Waals surface area contributed by atoms with E-state index < -0.39 is 0 Å². The molecule has 0 unspecified atom stereocenters. The molecule has 2 rings (SSSR count). The van der Waals surface area contributed by atoms with Crippen molar-refractivity contribution in [2.24, 2.45) is 0 Å². The molecular weight excluding hydrogens is 184 g/mol. The molecule has 1 heterocycles. The molecule has 0 saturated carbocycles. The van der Waals surface area contributed by atoms with Gasteiger partial charge in [-0.2, -0.15) is 0 Å². The first-order chi connectivity index (χ1) is 7.31. The van der Waals surface area contributed by atoms with Gasteiger partial charge in [-0.05, 0) is 18.9 Å². The zero-order valence-corrected chi connectivity index (χ0v) is 9.20. The second kappa shape index (κ2) is 4.30. The molecular formula is C13H16N2. The predicted octanol–water partition coefficient (Wildman–Crippen LogP) is 3.26. The van der Waals surface area contributed by atoms with E-state index in [1.54, 1.807) is 0 Å². The molecule has 0 radical (unpaired) electrons. The van der Waals surface area contributed by atoms with Crippen LogP contribution in [-0.4, -0.2) is 9.97 Å². The smallest absolute Gasteiger partial charge is 0.113 e. The van der Waals surface area contributed by atoms with Gasteiger partial charge in [0.1, 0.15) is 5.82 Å². The van der Waals surface area contributed by atoms with Crippen LogP contribution in [-0.2, 0) is 0 Å². The Morgan fingerprint density at radius 3 is 2.53 bits per heavy atom. The van der Waals surface area contributed by atoms with Crippen molar-refractivity contribution in [2.45, 2.75) is 26.2 Å². The normalized spacial score (nSPS) is 12.7. The molecule has 0 fully saturated rings. The van der Waals surface area contributed by atoms with Crippen molar-refractivity contribution in [1.29, 1.82) is 0 Å². The van der Waals surface area contributed by atoms with Crippen molar-refractivity contribution in [1.82, 2.24) is 9.97 Å². The van der Waals surface area contributed by atoms with E-state index >= 15 is 0 Å². The fourth-order valence-electron chi connectivity index (χ4n) is 1.85. The summed E-state index contributed by atoms with van der Waals surface area (Å²) in [5.41, 5.74) is 2.63. The lowest BCUT2D eigenvalue weighted by molar-refractivity contribution is 0.729. The molecule has 2 aromatic rings. The van der Waals surface area contributed by atoms with Crippen LogP contribution in [0, 0.1) is 6.92 Å². The van der Waals surface area contributed by atoms with Crippen LogP contribution in [0.2, 0.25) is 0 Å². The number of hydrogen-bond acceptors (Lipinski definition) is 1. The molecule has 0 spiro atoms. The number of aromatic amines is 1. The minimum Gasteiger partial charge on any atom is -0.348 e. The summed E-state index contributed by atoms with van der Waals surface area (Å²) in [5.74, 6) is 1.45. The highest BCUT2D eigenvalue weighted by atomic mass is 14.9. The van der Waals surface area contributed by atoms with Crippen LogP contribution in [0.1, 0.15) is 36.2 Å². The number of imidazole rings is 1. The van der Waals surface area contributed by atoms with E-state index in [1.165, 1.54) is 11.1 Å². The van der Waals surface area contributed by atoms with Gasteiger partial charge in [-0.1, -0.05) is 36.8 Å². The summed E-state index contributed by atoms with van der Waals surface area (Å²) in [6, 6.07) is 8.68. The van der Waals surface area contributed by atoms with Crippen LogP contribution >= 0.6 is 0 Å². The molecule has 1 N–H and O–H groups in total. The molecule has 0 aliphatic heterocycles. The predicted molar refractivity (Wildman–Crippen MR) is 61.9 cm³/mol. The van der Waals surface area contributed by atoms with Crippen LogP contribution < -0.4 is 0 Å². The maximum absolute atomic E-state index is 4.33. The van der Waals surface area contributed by atoms with Gasteiger partial charge in [0.2, 0.25) is 0 Å². The Labute approximate surface area is 90.4 Å². The summed E-state index contributed by atoms with van der Waals surface area (Å²) in [4.78, 5) is 7.52. The van der Waals surface area contributed by atoms with Crippen LogP contribution in [0.4, 0.5) is 0 Å². The summed E-state index contributed by atoms with van der Waals surface area (Å²) in [6.07, 6.45) is 4.76. The molecule has 1 aromatic carbocycles. The van der Waals surface area contributed by atoms with Crippen molar-refractivity contribution in [3.8, 4) is 0 Å². The van der Waals surface area contributed by atoms with Crippen molar-refractivity contribution >= 4 is 0 Å². The zero-order valence-electron chi connectivity index (χ0n) is 9.20. The Balaban J connectivity index is 2.31. The topological polar surface area (TPSA) is 28.7 Å². The number of aryl methyl sites for hydroxylation is 1. The van der Waals surface area contributed by atoms with E-state index in [9.17, 15) is 0 Å². The third-order valence-electron chi connectivity index (χ3n) is 2.74. The monoisotopic (exact) mass is 200 g/mol. The maximum atomic E-state index is 4.33. The first-order valence-corrected chi connectivity index (χ1v) is 5.37. The van der Waals surface area contributed by atoms with E-state index in [4.69, 9.17) is 0 Å². The van der Waals surface area contributed by atoms with Gasteiger partial charge >= 0.3 is 0 Å². The minimum atomic E-state index is 0.389.